The lowest BCUT2D eigenvalue weighted by molar-refractivity contribution is 0.544. The van der Waals surface area contributed by atoms with E-state index in [0.717, 1.165) is 18.9 Å². The largest absolute Gasteiger partial charge is 0.367 e. The minimum absolute atomic E-state index is 0.106. The van der Waals surface area contributed by atoms with Crippen LogP contribution in [0.5, 0.6) is 0 Å². The molecule has 0 aliphatic carbocycles. The Morgan fingerprint density at radius 2 is 1.94 bits per heavy atom. The second-order valence-electron chi connectivity index (χ2n) is 4.04. The van der Waals surface area contributed by atoms with Crippen LogP contribution in [0.2, 0.25) is 10.4 Å². The van der Waals surface area contributed by atoms with E-state index in [4.69, 9.17) is 23.2 Å². The van der Waals surface area contributed by atoms with Crippen LogP contribution in [0.25, 0.3) is 0 Å². The van der Waals surface area contributed by atoms with Crippen molar-refractivity contribution >= 4 is 29.0 Å². The summed E-state index contributed by atoms with van der Waals surface area (Å²) in [7, 11) is 0. The molecule has 1 aromatic heterocycles. The monoisotopic (exact) mass is 262 g/mol. The summed E-state index contributed by atoms with van der Waals surface area (Å²) >= 11 is 11.4. The van der Waals surface area contributed by atoms with Crippen molar-refractivity contribution in [2.45, 2.75) is 33.1 Å². The van der Waals surface area contributed by atoms with Gasteiger partial charge < -0.3 is 5.32 Å². The molecule has 90 valence electrons. The molecule has 0 atom stereocenters. The average molecular weight is 263 g/mol. The number of unbranched alkanes of at least 4 members (excludes halogenated alkanes) is 1. The molecule has 0 saturated heterocycles. The van der Waals surface area contributed by atoms with Crippen molar-refractivity contribution in [1.29, 1.82) is 0 Å². The lowest BCUT2D eigenvalue weighted by Crippen LogP contribution is -2.06. The molecule has 1 N–H and O–H groups in total. The third kappa shape index (κ3) is 4.94. The van der Waals surface area contributed by atoms with Gasteiger partial charge in [-0.25, -0.2) is 0 Å². The Balaban J connectivity index is 2.29. The van der Waals surface area contributed by atoms with E-state index in [1.807, 2.05) is 0 Å². The Bertz CT molecular complexity index is 331. The molecule has 0 amide bonds. The van der Waals surface area contributed by atoms with E-state index in [1.165, 1.54) is 12.8 Å². The number of anilines is 1. The summed E-state index contributed by atoms with van der Waals surface area (Å²) in [6.45, 7) is 5.26. The highest BCUT2D eigenvalue weighted by Gasteiger charge is 2.04. The molecule has 0 saturated carbocycles. The molecule has 1 rings (SSSR count). The Labute approximate surface area is 106 Å². The first kappa shape index (κ1) is 13.5. The van der Waals surface area contributed by atoms with Gasteiger partial charge in [0.2, 0.25) is 5.28 Å². The summed E-state index contributed by atoms with van der Waals surface area (Å²) in [5, 5.41) is 10.7. The molecule has 0 unspecified atom stereocenters. The number of halogens is 2. The smallest absolute Gasteiger partial charge is 0.245 e. The normalized spacial score (nSPS) is 10.8. The van der Waals surface area contributed by atoms with Crippen molar-refractivity contribution < 1.29 is 0 Å². The number of hydrogen-bond donors (Lipinski definition) is 1. The fourth-order valence-corrected chi connectivity index (χ4v) is 1.56. The zero-order valence-electron chi connectivity index (χ0n) is 9.50. The highest BCUT2D eigenvalue weighted by Crippen LogP contribution is 2.16. The molecule has 16 heavy (non-hydrogen) atoms. The van der Waals surface area contributed by atoms with E-state index >= 15 is 0 Å². The maximum atomic E-state index is 5.80. The van der Waals surface area contributed by atoms with E-state index in [1.54, 1.807) is 0 Å². The van der Waals surface area contributed by atoms with Gasteiger partial charge in [-0.3, -0.25) is 0 Å². The van der Waals surface area contributed by atoms with Gasteiger partial charge in [0, 0.05) is 6.54 Å². The van der Waals surface area contributed by atoms with Crippen LogP contribution in [0.3, 0.4) is 0 Å². The lowest BCUT2D eigenvalue weighted by Gasteiger charge is -2.07. The van der Waals surface area contributed by atoms with Crippen LogP contribution < -0.4 is 5.32 Å². The topological polar surface area (TPSA) is 50.7 Å². The minimum atomic E-state index is 0.106. The van der Waals surface area contributed by atoms with Crippen LogP contribution in [0.15, 0.2) is 0 Å². The molecule has 0 aliphatic heterocycles. The molecule has 4 nitrogen and oxygen atoms in total. The Hall–Kier alpha value is -0.610. The van der Waals surface area contributed by atoms with E-state index < -0.39 is 0 Å². The van der Waals surface area contributed by atoms with Gasteiger partial charge in [-0.1, -0.05) is 38.3 Å². The van der Waals surface area contributed by atoms with Gasteiger partial charge in [-0.2, -0.15) is 4.98 Å². The second-order valence-corrected chi connectivity index (χ2v) is 4.73. The number of nitrogens with zero attached hydrogens (tertiary/aromatic N) is 3. The molecular weight excluding hydrogens is 247 g/mol. The van der Waals surface area contributed by atoms with Crippen molar-refractivity contribution in [2.24, 2.45) is 5.92 Å². The maximum Gasteiger partial charge on any atom is 0.245 e. The van der Waals surface area contributed by atoms with Crippen molar-refractivity contribution in [1.82, 2.24) is 15.2 Å². The lowest BCUT2D eigenvalue weighted by atomic mass is 10.1. The summed E-state index contributed by atoms with van der Waals surface area (Å²) in [5.41, 5.74) is 0. The van der Waals surface area contributed by atoms with Gasteiger partial charge in [0.15, 0.2) is 11.0 Å². The van der Waals surface area contributed by atoms with Gasteiger partial charge in [-0.05, 0) is 23.9 Å². The summed E-state index contributed by atoms with van der Waals surface area (Å²) in [6, 6.07) is 0. The Kier molecular flexibility index (Phi) is 5.77. The first-order valence-corrected chi connectivity index (χ1v) is 6.14. The van der Waals surface area contributed by atoms with E-state index in [9.17, 15) is 0 Å². The fraction of sp³-hybridized carbons (Fsp3) is 0.700. The Morgan fingerprint density at radius 3 is 2.62 bits per heavy atom. The predicted octanol–water partition coefficient (Wildman–Crippen LogP) is 3.42. The van der Waals surface area contributed by atoms with Gasteiger partial charge >= 0.3 is 0 Å². The first-order chi connectivity index (χ1) is 7.59. The van der Waals surface area contributed by atoms with E-state index in [-0.39, 0.29) is 10.4 Å². The van der Waals surface area contributed by atoms with Crippen LogP contribution in [-0.4, -0.2) is 21.7 Å². The standard InChI is InChI=1S/C10H16Cl2N4/c1-7(2)5-3-4-6-13-9-8(11)15-16-10(12)14-9/h7H,3-6H2,1-2H3,(H,13,14,16). The third-order valence-electron chi connectivity index (χ3n) is 2.12. The number of hydrogen-bond acceptors (Lipinski definition) is 4. The van der Waals surface area contributed by atoms with Crippen LogP contribution in [0.1, 0.15) is 33.1 Å². The molecule has 1 heterocycles. The minimum Gasteiger partial charge on any atom is -0.367 e. The van der Waals surface area contributed by atoms with Crippen LogP contribution >= 0.6 is 23.2 Å². The van der Waals surface area contributed by atoms with E-state index in [2.05, 4.69) is 34.3 Å². The Morgan fingerprint density at radius 1 is 1.19 bits per heavy atom. The van der Waals surface area contributed by atoms with Gasteiger partial charge in [0.1, 0.15) is 0 Å². The first-order valence-electron chi connectivity index (χ1n) is 5.39. The average Bonchev–Trinajstić information content (AvgIpc) is 2.22. The summed E-state index contributed by atoms with van der Waals surface area (Å²) < 4.78 is 0. The van der Waals surface area contributed by atoms with Crippen molar-refractivity contribution in [3.63, 3.8) is 0 Å². The quantitative estimate of drug-likeness (QED) is 0.799. The second kappa shape index (κ2) is 6.86. The van der Waals surface area contributed by atoms with Crippen LogP contribution in [-0.2, 0) is 0 Å². The fourth-order valence-electron chi connectivity index (χ4n) is 1.29. The third-order valence-corrected chi connectivity index (χ3v) is 2.54. The highest BCUT2D eigenvalue weighted by molar-refractivity contribution is 6.32. The molecule has 0 aromatic carbocycles. The van der Waals surface area contributed by atoms with Crippen molar-refractivity contribution in [2.75, 3.05) is 11.9 Å². The molecule has 0 radical (unpaired) electrons. The van der Waals surface area contributed by atoms with Crippen LogP contribution in [0.4, 0.5) is 5.82 Å². The van der Waals surface area contributed by atoms with Gasteiger partial charge in [0.25, 0.3) is 0 Å². The molecular formula is C10H16Cl2N4. The molecule has 0 bridgehead atoms. The van der Waals surface area contributed by atoms with Crippen molar-refractivity contribution in [3.05, 3.63) is 10.4 Å². The molecule has 1 aromatic rings. The molecule has 0 fully saturated rings. The molecule has 6 heteroatoms. The number of nitrogens with one attached hydrogen (secondary N) is 1. The number of rotatable bonds is 6. The van der Waals surface area contributed by atoms with Gasteiger partial charge in [0.05, 0.1) is 0 Å². The molecule has 0 aliphatic rings. The van der Waals surface area contributed by atoms with Crippen molar-refractivity contribution in [3.8, 4) is 0 Å². The molecule has 0 spiro atoms. The zero-order chi connectivity index (χ0) is 12.0. The maximum absolute atomic E-state index is 5.80. The van der Waals surface area contributed by atoms with E-state index in [0.29, 0.717) is 5.82 Å². The highest BCUT2D eigenvalue weighted by atomic mass is 35.5. The predicted molar refractivity (Wildman–Crippen MR) is 67.0 cm³/mol. The number of aromatic nitrogens is 3. The SMILES string of the molecule is CC(C)CCCCNc1nc(Cl)nnc1Cl. The summed E-state index contributed by atoms with van der Waals surface area (Å²) in [5.74, 6) is 1.25. The summed E-state index contributed by atoms with van der Waals surface area (Å²) in [6.07, 6.45) is 3.50. The van der Waals surface area contributed by atoms with Gasteiger partial charge in [-0.15, -0.1) is 10.2 Å². The van der Waals surface area contributed by atoms with Crippen LogP contribution in [0, 0.1) is 5.92 Å². The summed E-state index contributed by atoms with van der Waals surface area (Å²) in [4.78, 5) is 3.95. The zero-order valence-corrected chi connectivity index (χ0v) is 11.0.